The van der Waals surface area contributed by atoms with Crippen molar-refractivity contribution in [3.8, 4) is 0 Å². The van der Waals surface area contributed by atoms with Crippen LogP contribution in [0.25, 0.3) is 0 Å². The Morgan fingerprint density at radius 2 is 2.42 bits per heavy atom. The summed E-state index contributed by atoms with van der Waals surface area (Å²) in [6, 6.07) is 0. The molecule has 2 aliphatic rings. The number of fused-ring (bicyclic) bond motifs is 1. The van der Waals surface area contributed by atoms with Crippen LogP contribution in [-0.2, 0) is 9.59 Å². The van der Waals surface area contributed by atoms with Crippen molar-refractivity contribution in [3.63, 3.8) is 0 Å². The van der Waals surface area contributed by atoms with Crippen LogP contribution in [0.4, 0.5) is 0 Å². The van der Waals surface area contributed by atoms with Crippen molar-refractivity contribution in [2.24, 2.45) is 11.8 Å². The van der Waals surface area contributed by atoms with E-state index >= 15 is 0 Å². The molecule has 3 atom stereocenters. The molecule has 2 aliphatic carbocycles. The maximum absolute atomic E-state index is 10.9. The molecule has 1 amide bonds. The molecule has 0 saturated heterocycles. The van der Waals surface area contributed by atoms with Crippen molar-refractivity contribution >= 4 is 12.4 Å². The first-order valence-corrected chi connectivity index (χ1v) is 4.15. The Balaban J connectivity index is 2.21. The number of rotatable bonds is 3. The molecule has 0 spiro atoms. The van der Waals surface area contributed by atoms with Crippen LogP contribution in [-0.4, -0.2) is 23.0 Å². The van der Waals surface area contributed by atoms with Gasteiger partial charge in [0, 0.05) is 0 Å². The summed E-state index contributed by atoms with van der Waals surface area (Å²) in [6.07, 6.45) is 3.01. The predicted octanol–water partition coefficient (Wildman–Crippen LogP) is -0.0143. The number of carbonyl (C=O) groups excluding carboxylic acids is 1. The van der Waals surface area contributed by atoms with Gasteiger partial charge in [0.15, 0.2) is 0 Å². The molecule has 2 saturated carbocycles. The Labute approximate surface area is 69.9 Å². The average molecular weight is 169 g/mol. The molecule has 0 heterocycles. The predicted molar refractivity (Wildman–Crippen MR) is 40.4 cm³/mol. The number of hydrogen-bond acceptors (Lipinski definition) is 2. The van der Waals surface area contributed by atoms with Crippen LogP contribution < -0.4 is 5.32 Å². The summed E-state index contributed by atoms with van der Waals surface area (Å²) in [5.41, 5.74) is -0.924. The zero-order valence-corrected chi connectivity index (χ0v) is 6.62. The van der Waals surface area contributed by atoms with E-state index in [0.29, 0.717) is 18.7 Å². The maximum Gasteiger partial charge on any atom is 0.329 e. The molecule has 3 unspecified atom stereocenters. The number of hydrogen-bond donors (Lipinski definition) is 2. The van der Waals surface area contributed by atoms with Gasteiger partial charge in [-0.05, 0) is 31.1 Å². The number of carbonyl (C=O) groups is 2. The van der Waals surface area contributed by atoms with Gasteiger partial charge in [-0.25, -0.2) is 4.79 Å². The van der Waals surface area contributed by atoms with Crippen LogP contribution in [0.2, 0.25) is 0 Å². The van der Waals surface area contributed by atoms with E-state index in [0.717, 1.165) is 12.8 Å². The molecule has 0 aromatic rings. The van der Waals surface area contributed by atoms with Gasteiger partial charge in [-0.3, -0.25) is 4.79 Å². The molecule has 0 aromatic heterocycles. The number of aliphatic carboxylic acids is 1. The van der Waals surface area contributed by atoms with Gasteiger partial charge < -0.3 is 10.4 Å². The Hall–Kier alpha value is -1.06. The van der Waals surface area contributed by atoms with Gasteiger partial charge >= 0.3 is 5.97 Å². The lowest BCUT2D eigenvalue weighted by Crippen LogP contribution is -2.51. The summed E-state index contributed by atoms with van der Waals surface area (Å²) in [7, 11) is 0. The Morgan fingerprint density at radius 1 is 1.67 bits per heavy atom. The van der Waals surface area contributed by atoms with Gasteiger partial charge in [0.1, 0.15) is 5.54 Å². The van der Waals surface area contributed by atoms with E-state index in [4.69, 9.17) is 5.11 Å². The van der Waals surface area contributed by atoms with E-state index in [9.17, 15) is 9.59 Å². The van der Waals surface area contributed by atoms with Crippen molar-refractivity contribution in [2.45, 2.75) is 24.8 Å². The van der Waals surface area contributed by atoms with E-state index < -0.39 is 11.5 Å². The molecule has 0 aromatic carbocycles. The molecule has 2 N–H and O–H groups in total. The molecule has 4 nitrogen and oxygen atoms in total. The maximum atomic E-state index is 10.9. The van der Waals surface area contributed by atoms with Crippen LogP contribution >= 0.6 is 0 Å². The number of carboxylic acids is 1. The van der Waals surface area contributed by atoms with Crippen LogP contribution in [0.3, 0.4) is 0 Å². The van der Waals surface area contributed by atoms with Crippen molar-refractivity contribution in [2.75, 3.05) is 0 Å². The van der Waals surface area contributed by atoms with Crippen LogP contribution in [0.15, 0.2) is 0 Å². The summed E-state index contributed by atoms with van der Waals surface area (Å²) in [5, 5.41) is 11.4. The first kappa shape index (κ1) is 7.58. The highest BCUT2D eigenvalue weighted by Crippen LogP contribution is 2.57. The lowest BCUT2D eigenvalue weighted by atomic mass is 9.93. The van der Waals surface area contributed by atoms with Crippen LogP contribution in [0.1, 0.15) is 19.3 Å². The topological polar surface area (TPSA) is 66.4 Å². The van der Waals surface area contributed by atoms with Crippen molar-refractivity contribution in [1.29, 1.82) is 0 Å². The van der Waals surface area contributed by atoms with Crippen molar-refractivity contribution in [1.82, 2.24) is 5.32 Å². The molecule has 0 bridgehead atoms. The average Bonchev–Trinajstić information content (AvgIpc) is 2.71. The van der Waals surface area contributed by atoms with Crippen LogP contribution in [0.5, 0.6) is 0 Å². The highest BCUT2D eigenvalue weighted by atomic mass is 16.4. The third-order valence-electron chi connectivity index (χ3n) is 3.16. The van der Waals surface area contributed by atoms with E-state index in [1.54, 1.807) is 0 Å². The fraction of sp³-hybridized carbons (Fsp3) is 0.750. The van der Waals surface area contributed by atoms with Gasteiger partial charge in [-0.2, -0.15) is 0 Å². The van der Waals surface area contributed by atoms with E-state index in [1.807, 2.05) is 0 Å². The minimum Gasteiger partial charge on any atom is -0.479 e. The lowest BCUT2D eigenvalue weighted by Gasteiger charge is -2.24. The third kappa shape index (κ3) is 0.777. The van der Waals surface area contributed by atoms with Gasteiger partial charge in [-0.15, -0.1) is 0 Å². The molecule has 4 heteroatoms. The third-order valence-corrected chi connectivity index (χ3v) is 3.16. The van der Waals surface area contributed by atoms with Crippen molar-refractivity contribution < 1.29 is 14.7 Å². The van der Waals surface area contributed by atoms with E-state index in [1.165, 1.54) is 0 Å². The fourth-order valence-electron chi connectivity index (χ4n) is 2.38. The molecule has 0 radical (unpaired) electrons. The second-order valence-electron chi connectivity index (χ2n) is 3.68. The summed E-state index contributed by atoms with van der Waals surface area (Å²) < 4.78 is 0. The first-order chi connectivity index (χ1) is 5.70. The molecule has 2 fully saturated rings. The minimum atomic E-state index is -0.924. The lowest BCUT2D eigenvalue weighted by molar-refractivity contribution is -0.147. The minimum absolute atomic E-state index is 0.195. The normalized spacial score (nSPS) is 43.3. The Kier molecular flexibility index (Phi) is 1.40. The quantitative estimate of drug-likeness (QED) is 0.584. The fourth-order valence-corrected chi connectivity index (χ4v) is 2.38. The van der Waals surface area contributed by atoms with E-state index in [2.05, 4.69) is 5.32 Å². The monoisotopic (exact) mass is 169 g/mol. The van der Waals surface area contributed by atoms with Gasteiger partial charge in [0.2, 0.25) is 6.41 Å². The first-order valence-electron chi connectivity index (χ1n) is 4.15. The van der Waals surface area contributed by atoms with Gasteiger partial charge in [0.05, 0.1) is 0 Å². The largest absolute Gasteiger partial charge is 0.479 e. The molecular weight excluding hydrogens is 158 g/mol. The zero-order chi connectivity index (χ0) is 8.77. The van der Waals surface area contributed by atoms with Gasteiger partial charge in [0.25, 0.3) is 0 Å². The molecule has 2 rings (SSSR count). The highest BCUT2D eigenvalue weighted by Gasteiger charge is 2.62. The second-order valence-corrected chi connectivity index (χ2v) is 3.68. The number of nitrogens with one attached hydrogen (secondary N) is 1. The standard InChI is InChI=1S/C8H11NO3/c10-4-9-8(7(11)12)2-1-5-3-6(5)8/h4-6H,1-3H2,(H,9,10)(H,11,12). The SMILES string of the molecule is O=CNC1(C(=O)O)CCC2CC21. The molecular formula is C8H11NO3. The smallest absolute Gasteiger partial charge is 0.329 e. The number of amides is 1. The van der Waals surface area contributed by atoms with E-state index in [-0.39, 0.29) is 5.92 Å². The Bertz CT molecular complexity index is 240. The summed E-state index contributed by atoms with van der Waals surface area (Å²) in [4.78, 5) is 21.2. The summed E-state index contributed by atoms with van der Waals surface area (Å²) in [5.74, 6) is -0.131. The zero-order valence-electron chi connectivity index (χ0n) is 6.62. The molecule has 66 valence electrons. The highest BCUT2D eigenvalue weighted by molar-refractivity contribution is 5.83. The second kappa shape index (κ2) is 2.21. The summed E-state index contributed by atoms with van der Waals surface area (Å²) >= 11 is 0. The summed E-state index contributed by atoms with van der Waals surface area (Å²) in [6.45, 7) is 0. The molecule has 12 heavy (non-hydrogen) atoms. The van der Waals surface area contributed by atoms with Crippen molar-refractivity contribution in [3.05, 3.63) is 0 Å². The van der Waals surface area contributed by atoms with Gasteiger partial charge in [-0.1, -0.05) is 0 Å². The Morgan fingerprint density at radius 3 is 2.75 bits per heavy atom. The van der Waals surface area contributed by atoms with Crippen LogP contribution in [0, 0.1) is 11.8 Å². The number of carboxylic acid groups (broad SMARTS) is 1. The molecule has 0 aliphatic heterocycles.